The van der Waals surface area contributed by atoms with E-state index in [-0.39, 0.29) is 0 Å². The van der Waals surface area contributed by atoms with Gasteiger partial charge in [0.1, 0.15) is 17.0 Å². The van der Waals surface area contributed by atoms with E-state index in [1.54, 1.807) is 17.7 Å². The number of nitrogens with one attached hydrogen (secondary N) is 1. The van der Waals surface area contributed by atoms with Crippen LogP contribution in [0, 0.1) is 0 Å². The predicted molar refractivity (Wildman–Crippen MR) is 117 cm³/mol. The second kappa shape index (κ2) is 7.37. The first-order chi connectivity index (χ1) is 13.9. The molecule has 0 aliphatic carbocycles. The Hall–Kier alpha value is -3.31. The van der Waals surface area contributed by atoms with Crippen LogP contribution in [0.3, 0.4) is 0 Å². The molecule has 5 heteroatoms. The lowest BCUT2D eigenvalue weighted by Gasteiger charge is -2.10. The average molecular weight is 382 g/mol. The van der Waals surface area contributed by atoms with Crippen molar-refractivity contribution < 1.29 is 0 Å². The minimum Gasteiger partial charge on any atom is -0.369 e. The van der Waals surface area contributed by atoms with Crippen molar-refractivity contribution in [2.24, 2.45) is 0 Å². The third-order valence-corrected chi connectivity index (χ3v) is 5.74. The lowest BCUT2D eigenvalue weighted by atomic mass is 10.1. The highest BCUT2D eigenvalue weighted by Crippen LogP contribution is 2.36. The van der Waals surface area contributed by atoms with Crippen molar-refractivity contribution in [3.63, 3.8) is 0 Å². The van der Waals surface area contributed by atoms with Crippen LogP contribution in [0.15, 0.2) is 78.6 Å². The number of para-hydroxylation sites is 1. The molecule has 5 aromatic rings. The van der Waals surface area contributed by atoms with Crippen LogP contribution >= 0.6 is 11.3 Å². The molecule has 0 aliphatic rings. The number of hydrogen-bond donors (Lipinski definition) is 1. The molecule has 0 spiro atoms. The minimum absolute atomic E-state index is 0.784. The quantitative estimate of drug-likeness (QED) is 0.432. The zero-order valence-corrected chi connectivity index (χ0v) is 16.0. The monoisotopic (exact) mass is 382 g/mol. The van der Waals surface area contributed by atoms with Gasteiger partial charge in [-0.2, -0.15) is 0 Å². The van der Waals surface area contributed by atoms with Crippen LogP contribution < -0.4 is 5.32 Å². The molecule has 0 saturated carbocycles. The highest BCUT2D eigenvalue weighted by Gasteiger charge is 2.13. The first-order valence-electron chi connectivity index (χ1n) is 9.24. The summed E-state index contributed by atoms with van der Waals surface area (Å²) in [6, 6.07) is 20.8. The maximum Gasteiger partial charge on any atom is 0.138 e. The molecule has 0 saturated heterocycles. The van der Waals surface area contributed by atoms with Crippen molar-refractivity contribution >= 4 is 38.3 Å². The number of benzene rings is 2. The van der Waals surface area contributed by atoms with Crippen LogP contribution in [0.1, 0.15) is 5.56 Å². The predicted octanol–water partition coefficient (Wildman–Crippen LogP) is 5.56. The molecule has 0 radical (unpaired) electrons. The molecule has 0 amide bonds. The van der Waals surface area contributed by atoms with Crippen molar-refractivity contribution in [3.05, 3.63) is 84.1 Å². The van der Waals surface area contributed by atoms with Crippen LogP contribution in [0.4, 0.5) is 5.82 Å². The molecule has 0 unspecified atom stereocenters. The first kappa shape index (κ1) is 16.8. The van der Waals surface area contributed by atoms with Gasteiger partial charge in [-0.05, 0) is 23.6 Å². The molecule has 0 atom stereocenters. The fourth-order valence-corrected chi connectivity index (χ4v) is 4.44. The number of pyridine rings is 1. The highest BCUT2D eigenvalue weighted by atomic mass is 32.1. The summed E-state index contributed by atoms with van der Waals surface area (Å²) in [5.74, 6) is 0.887. The number of nitrogens with zero attached hydrogens (tertiary/aromatic N) is 3. The largest absolute Gasteiger partial charge is 0.369 e. The van der Waals surface area contributed by atoms with Crippen molar-refractivity contribution in [3.8, 4) is 11.1 Å². The number of thiophene rings is 1. The number of anilines is 1. The van der Waals surface area contributed by atoms with Gasteiger partial charge in [0, 0.05) is 29.1 Å². The second-order valence-electron chi connectivity index (χ2n) is 6.59. The molecule has 5 rings (SSSR count). The Bertz CT molecular complexity index is 1240. The van der Waals surface area contributed by atoms with Gasteiger partial charge in [0.05, 0.1) is 10.9 Å². The molecule has 0 bridgehead atoms. The lowest BCUT2D eigenvalue weighted by molar-refractivity contribution is 1.01. The third-order valence-electron chi connectivity index (χ3n) is 4.86. The standard InChI is InChI=1S/C23H18N4S/c1-2-6-16(7-3-1)19-14-28-23-20(19)22(26-15-27-23)25-13-11-18-9-4-8-17-10-5-12-24-21(17)18/h1-10,12,14-15H,11,13H2,(H,25,26,27). The number of hydrogen-bond acceptors (Lipinski definition) is 5. The van der Waals surface area contributed by atoms with Crippen LogP contribution in [-0.2, 0) is 6.42 Å². The third kappa shape index (κ3) is 3.10. The summed E-state index contributed by atoms with van der Waals surface area (Å²) in [7, 11) is 0. The van der Waals surface area contributed by atoms with Crippen molar-refractivity contribution in [2.45, 2.75) is 6.42 Å². The fourth-order valence-electron chi connectivity index (χ4n) is 3.52. The van der Waals surface area contributed by atoms with Gasteiger partial charge in [0.15, 0.2) is 0 Å². The van der Waals surface area contributed by atoms with E-state index in [4.69, 9.17) is 0 Å². The van der Waals surface area contributed by atoms with Crippen LogP contribution in [0.2, 0.25) is 0 Å². The Kier molecular flexibility index (Phi) is 4.43. The summed E-state index contributed by atoms with van der Waals surface area (Å²) in [5, 5.41) is 7.95. The van der Waals surface area contributed by atoms with Crippen molar-refractivity contribution in [2.75, 3.05) is 11.9 Å². The molecular weight excluding hydrogens is 364 g/mol. The number of aromatic nitrogens is 3. The Morgan fingerprint density at radius 2 is 1.75 bits per heavy atom. The van der Waals surface area contributed by atoms with E-state index in [2.05, 4.69) is 74.2 Å². The molecule has 1 N–H and O–H groups in total. The Balaban J connectivity index is 1.43. The Labute approximate surface area is 166 Å². The molecule has 2 aromatic carbocycles. The Morgan fingerprint density at radius 3 is 2.68 bits per heavy atom. The SMILES string of the molecule is c1ccc(-c2csc3ncnc(NCCc4cccc5cccnc45)c23)cc1. The van der Waals surface area contributed by atoms with E-state index in [9.17, 15) is 0 Å². The Morgan fingerprint density at radius 1 is 0.857 bits per heavy atom. The zero-order chi connectivity index (χ0) is 18.8. The smallest absolute Gasteiger partial charge is 0.138 e. The van der Waals surface area contributed by atoms with Gasteiger partial charge in [0.25, 0.3) is 0 Å². The summed E-state index contributed by atoms with van der Waals surface area (Å²) in [5.41, 5.74) is 4.67. The van der Waals surface area contributed by atoms with Crippen LogP contribution in [-0.4, -0.2) is 21.5 Å². The fraction of sp³-hybridized carbons (Fsp3) is 0.0870. The van der Waals surface area contributed by atoms with E-state index >= 15 is 0 Å². The molecule has 0 aliphatic heterocycles. The topological polar surface area (TPSA) is 50.7 Å². The molecular formula is C23H18N4S. The number of rotatable bonds is 5. The van der Waals surface area contributed by atoms with Gasteiger partial charge in [-0.1, -0.05) is 54.6 Å². The van der Waals surface area contributed by atoms with Crippen LogP contribution in [0.25, 0.3) is 32.2 Å². The molecule has 4 nitrogen and oxygen atoms in total. The summed E-state index contributed by atoms with van der Waals surface area (Å²) in [6.45, 7) is 0.784. The van der Waals surface area contributed by atoms with Gasteiger partial charge < -0.3 is 5.32 Å². The van der Waals surface area contributed by atoms with Gasteiger partial charge in [-0.3, -0.25) is 4.98 Å². The maximum absolute atomic E-state index is 4.55. The molecule has 3 heterocycles. The minimum atomic E-state index is 0.784. The van der Waals surface area contributed by atoms with E-state index < -0.39 is 0 Å². The molecule has 136 valence electrons. The van der Waals surface area contributed by atoms with E-state index in [1.165, 1.54) is 22.1 Å². The highest BCUT2D eigenvalue weighted by molar-refractivity contribution is 7.17. The normalized spacial score (nSPS) is 11.1. The second-order valence-corrected chi connectivity index (χ2v) is 7.44. The summed E-state index contributed by atoms with van der Waals surface area (Å²) in [4.78, 5) is 14.5. The van der Waals surface area contributed by atoms with Crippen molar-refractivity contribution in [1.29, 1.82) is 0 Å². The molecule has 0 fully saturated rings. The summed E-state index contributed by atoms with van der Waals surface area (Å²) in [6.07, 6.45) is 4.37. The molecule has 28 heavy (non-hydrogen) atoms. The maximum atomic E-state index is 4.55. The van der Waals surface area contributed by atoms with Crippen molar-refractivity contribution in [1.82, 2.24) is 15.0 Å². The first-order valence-corrected chi connectivity index (χ1v) is 10.1. The zero-order valence-electron chi connectivity index (χ0n) is 15.2. The summed E-state index contributed by atoms with van der Waals surface area (Å²) < 4.78 is 0. The van der Waals surface area contributed by atoms with Gasteiger partial charge in [-0.25, -0.2) is 9.97 Å². The van der Waals surface area contributed by atoms with Gasteiger partial charge >= 0.3 is 0 Å². The number of fused-ring (bicyclic) bond motifs is 2. The van der Waals surface area contributed by atoms with Gasteiger partial charge in [0.2, 0.25) is 0 Å². The summed E-state index contributed by atoms with van der Waals surface area (Å²) >= 11 is 1.65. The lowest BCUT2D eigenvalue weighted by Crippen LogP contribution is -2.07. The van der Waals surface area contributed by atoms with Gasteiger partial charge in [-0.15, -0.1) is 11.3 Å². The van der Waals surface area contributed by atoms with Crippen LogP contribution in [0.5, 0.6) is 0 Å². The van der Waals surface area contributed by atoms with E-state index in [0.29, 0.717) is 0 Å². The van der Waals surface area contributed by atoms with E-state index in [0.717, 1.165) is 34.5 Å². The average Bonchev–Trinajstić information content (AvgIpc) is 3.20. The van der Waals surface area contributed by atoms with E-state index in [1.807, 2.05) is 18.3 Å². The molecule has 3 aromatic heterocycles.